The molecule has 7 fully saturated rings. The number of methoxy groups -OCH3 is 5. The zero-order chi connectivity index (χ0) is 103. The second-order valence-corrected chi connectivity index (χ2v) is 36.4. The van der Waals surface area contributed by atoms with Gasteiger partial charge < -0.3 is 101 Å². The number of aromatic hydroxyl groups is 2. The Kier molecular flexibility index (Phi) is 40.5. The van der Waals surface area contributed by atoms with Crippen molar-refractivity contribution in [1.82, 2.24) is 21.3 Å². The fourth-order valence-corrected chi connectivity index (χ4v) is 17.5. The van der Waals surface area contributed by atoms with Gasteiger partial charge in [-0.3, -0.25) is 33.6 Å². The number of esters is 1. The highest BCUT2D eigenvalue weighted by molar-refractivity contribution is 5.86. The SMILES string of the molecule is CCOC(=O)C1CC1c1ccc(OC)cc1.COc1ccc(C2CC2C(=O)O)cc1.COc1ccc([C@H]2C[C@@H]2C(=O)NC(CO)c2ccccc2)cc1.COc1ccc([C@H]2C[C@H]2C(=O)NC(CO)c2ccccc2)cc1.COc1ccc([C@H]2C[C@H]2C(=O)NC(CO)c2ccccc2)cc1.N[C@@H](CO)c1ccccc1.O=C(NC(CO)c1ccccc1)[C@@H]1C[C@@H]1c1ccc(O)cc1.O=C(O)[C@@H]1C[C@@H]1c1ccc(O)cc1. The molecule has 7 saturated carbocycles. The van der Waals surface area contributed by atoms with Crippen molar-refractivity contribution in [3.05, 3.63) is 388 Å². The van der Waals surface area contributed by atoms with E-state index in [9.17, 15) is 59.1 Å². The molecule has 0 bridgehead atoms. The number of ether oxygens (including phenoxy) is 6. The maximum atomic E-state index is 12.4. The monoisotopic (exact) mass is 1960 g/mol. The van der Waals surface area contributed by atoms with E-state index in [-0.39, 0.29) is 181 Å². The number of amides is 4. The number of aliphatic hydroxyl groups is 5. The lowest BCUT2D eigenvalue weighted by atomic mass is 10.1. The van der Waals surface area contributed by atoms with Crippen molar-refractivity contribution in [3.8, 4) is 40.2 Å². The van der Waals surface area contributed by atoms with E-state index in [0.717, 1.165) is 135 Å². The number of hydrogen-bond donors (Lipinski definition) is 14. The van der Waals surface area contributed by atoms with Crippen LogP contribution < -0.4 is 50.7 Å². The third-order valence-corrected chi connectivity index (χ3v) is 26.7. The van der Waals surface area contributed by atoms with Gasteiger partial charge in [-0.1, -0.05) is 237 Å². The van der Waals surface area contributed by atoms with Gasteiger partial charge in [-0.15, -0.1) is 0 Å². The maximum absolute atomic E-state index is 12.4. The Labute approximate surface area is 840 Å². The van der Waals surface area contributed by atoms with Crippen LogP contribution in [-0.4, -0.2) is 163 Å². The van der Waals surface area contributed by atoms with Gasteiger partial charge in [0.2, 0.25) is 23.6 Å². The minimum absolute atomic E-state index is 0.00398. The lowest BCUT2D eigenvalue weighted by molar-refractivity contribution is -0.145. The number of benzene rings is 12. The molecule has 15 N–H and O–H groups in total. The standard InChI is InChI=1S/3C19H21NO3.C18H19NO3.C13H16O3.C11H12O3.C10H10O3.C8H11NO/c3*1-23-15-9-7-13(8-10-15)16-11-17(16)19(22)20-18(12-21)14-5-3-2-4-6-14;20-11-17(13-4-2-1-3-5-13)19-18(22)16-10-15(16)12-6-8-14(21)9-7-12;1-3-16-13(14)12-8-11(12)9-4-6-10(15-2)7-5-9;1-14-8-4-2-7(3-5-8)9-6-10(9)11(12)13;11-7-3-1-6(2-4-7)8-5-9(8)10(12)13;9-8(6-10)7-4-2-1-3-5-7/h3*2-10,16-18,21H,11-12H2,1H3,(H,20,22);1-9,15-17,20-21H,10-11H2,(H,19,22);4-7,11-12H,3,8H2,1-2H3;2-5,9-10H,6H2,1H3,(H,12,13);1-4,8-9,11H,5H2,(H,12,13);1-5,8,10H,6,9H2/t16-,17+,18?;2*16-,17-,18?;15-,16-,17?;;;8-,9-;8-/m1111..10/s1. The first-order chi connectivity index (χ1) is 69.9. The van der Waals surface area contributed by atoms with Gasteiger partial charge in [-0.25, -0.2) is 0 Å². The van der Waals surface area contributed by atoms with Gasteiger partial charge in [0.25, 0.3) is 0 Å². The van der Waals surface area contributed by atoms with Gasteiger partial charge in [0.1, 0.15) is 40.2 Å². The summed E-state index contributed by atoms with van der Waals surface area (Å²) in [5.74, 6) is 4.33. The topological polar surface area (TPSA) is 431 Å². The number of carboxylic acids is 2. The molecule has 12 aromatic carbocycles. The Hall–Kier alpha value is -14.7. The van der Waals surface area contributed by atoms with E-state index in [1.165, 1.54) is 5.56 Å². The lowest BCUT2D eigenvalue weighted by Gasteiger charge is -2.16. The summed E-state index contributed by atoms with van der Waals surface area (Å²) < 4.78 is 30.6. The summed E-state index contributed by atoms with van der Waals surface area (Å²) in [6.07, 6.45) is 5.76. The summed E-state index contributed by atoms with van der Waals surface area (Å²) in [5, 5.41) is 94.3. The van der Waals surface area contributed by atoms with Gasteiger partial charge in [0, 0.05) is 23.7 Å². The molecule has 0 saturated heterocycles. The average Bonchev–Trinajstić information content (AvgIpc) is 1.62. The van der Waals surface area contributed by atoms with Gasteiger partial charge in [0.05, 0.1) is 123 Å². The Morgan fingerprint density at radius 3 is 0.646 bits per heavy atom. The van der Waals surface area contributed by atoms with Crippen LogP contribution in [-0.2, 0) is 38.3 Å². The predicted molar refractivity (Wildman–Crippen MR) is 547 cm³/mol. The van der Waals surface area contributed by atoms with Crippen LogP contribution in [0.2, 0.25) is 0 Å². The van der Waals surface area contributed by atoms with Gasteiger partial charge >= 0.3 is 17.9 Å². The van der Waals surface area contributed by atoms with Crippen molar-refractivity contribution >= 4 is 41.5 Å². The molecule has 8 unspecified atom stereocenters. The first-order valence-electron chi connectivity index (χ1n) is 48.5. The number of phenols is 2. The molecule has 0 heterocycles. The lowest BCUT2D eigenvalue weighted by Crippen LogP contribution is -2.32. The molecular formula is C117H131N5O22. The molecule has 756 valence electrons. The number of aliphatic hydroxyl groups excluding tert-OH is 5. The number of nitrogens with one attached hydrogen (secondary N) is 4. The fraction of sp³-hybridized carbons (Fsp3) is 0.325. The molecule has 12 aromatic rings. The van der Waals surface area contributed by atoms with E-state index in [2.05, 4.69) is 21.3 Å². The number of phenolic OH excluding ortho intramolecular Hbond substituents is 2. The molecule has 27 heteroatoms. The number of carboxylic acid groups (broad SMARTS) is 2. The van der Waals surface area contributed by atoms with Crippen LogP contribution >= 0.6 is 0 Å². The summed E-state index contributed by atoms with van der Waals surface area (Å²) in [4.78, 5) is 82.2. The van der Waals surface area contributed by atoms with E-state index < -0.39 is 11.9 Å². The second-order valence-electron chi connectivity index (χ2n) is 36.4. The molecule has 0 aromatic heterocycles. The van der Waals surface area contributed by atoms with Crippen LogP contribution in [0.3, 0.4) is 0 Å². The summed E-state index contributed by atoms with van der Waals surface area (Å²) in [7, 11) is 8.18. The van der Waals surface area contributed by atoms with Crippen LogP contribution in [0.5, 0.6) is 40.2 Å². The maximum Gasteiger partial charge on any atom is 0.309 e. The van der Waals surface area contributed by atoms with Crippen molar-refractivity contribution in [1.29, 1.82) is 0 Å². The van der Waals surface area contributed by atoms with Gasteiger partial charge in [-0.05, 0) is 245 Å². The number of aliphatic carboxylic acids is 2. The summed E-state index contributed by atoms with van der Waals surface area (Å²) in [6.45, 7) is 1.88. The molecule has 7 aliphatic rings. The van der Waals surface area contributed by atoms with Crippen LogP contribution in [0.15, 0.2) is 322 Å². The molecule has 4 amide bonds. The van der Waals surface area contributed by atoms with Gasteiger partial charge in [-0.2, -0.15) is 0 Å². The quantitative estimate of drug-likeness (QED) is 0.0167. The van der Waals surface area contributed by atoms with E-state index in [4.69, 9.17) is 54.6 Å². The molecular weight excluding hydrogens is 1830 g/mol. The van der Waals surface area contributed by atoms with E-state index in [1.807, 2.05) is 292 Å². The highest BCUT2D eigenvalue weighted by atomic mass is 16.5. The van der Waals surface area contributed by atoms with E-state index in [1.54, 1.807) is 71.9 Å². The van der Waals surface area contributed by atoms with Crippen LogP contribution in [0.1, 0.15) is 190 Å². The Morgan fingerprint density at radius 1 is 0.271 bits per heavy atom. The normalized spacial score (nSPS) is 21.2. The highest BCUT2D eigenvalue weighted by Gasteiger charge is 2.50. The molecule has 27 nitrogen and oxygen atoms in total. The van der Waals surface area contributed by atoms with Gasteiger partial charge in [0.15, 0.2) is 0 Å². The fourth-order valence-electron chi connectivity index (χ4n) is 17.5. The number of nitrogens with two attached hydrogens (primary N) is 1. The molecule has 0 radical (unpaired) electrons. The summed E-state index contributed by atoms with van der Waals surface area (Å²) in [5.41, 5.74) is 18.0. The second kappa shape index (κ2) is 53.9. The third kappa shape index (κ3) is 31.9. The zero-order valence-electron chi connectivity index (χ0n) is 81.7. The number of rotatable bonds is 34. The van der Waals surface area contributed by atoms with Crippen LogP contribution in [0.25, 0.3) is 0 Å². The Balaban J connectivity index is 0.000000149. The average molecular weight is 1960 g/mol. The molecule has 0 spiro atoms. The third-order valence-electron chi connectivity index (χ3n) is 26.7. The molecule has 7 aliphatic carbocycles. The molecule has 144 heavy (non-hydrogen) atoms. The summed E-state index contributed by atoms with van der Waals surface area (Å²) in [6, 6.07) is 98.8. The number of carbonyl (C=O) groups excluding carboxylic acids is 5. The van der Waals surface area contributed by atoms with Crippen molar-refractivity contribution in [3.63, 3.8) is 0 Å². The molecule has 19 atom stereocenters. The number of carbonyl (C=O) groups is 7. The highest BCUT2D eigenvalue weighted by Crippen LogP contribution is 2.54. The van der Waals surface area contributed by atoms with Crippen molar-refractivity contribution in [2.24, 2.45) is 47.2 Å². The van der Waals surface area contributed by atoms with Crippen LogP contribution in [0.4, 0.5) is 0 Å². The zero-order valence-corrected chi connectivity index (χ0v) is 81.7. The summed E-state index contributed by atoms with van der Waals surface area (Å²) >= 11 is 0. The first-order valence-corrected chi connectivity index (χ1v) is 48.5. The number of hydrogen-bond acceptors (Lipinski definition) is 21. The largest absolute Gasteiger partial charge is 0.508 e. The van der Waals surface area contributed by atoms with Crippen molar-refractivity contribution < 1.29 is 108 Å². The van der Waals surface area contributed by atoms with E-state index in [0.29, 0.717) is 12.5 Å². The van der Waals surface area contributed by atoms with E-state index >= 15 is 0 Å². The van der Waals surface area contributed by atoms with Crippen LogP contribution in [0, 0.1) is 41.4 Å². The first kappa shape index (κ1) is 108. The Morgan fingerprint density at radius 2 is 0.458 bits per heavy atom. The van der Waals surface area contributed by atoms with Crippen molar-refractivity contribution in [2.75, 3.05) is 75.2 Å². The smallest absolute Gasteiger partial charge is 0.309 e. The Bertz CT molecular complexity index is 5700. The molecule has 0 aliphatic heterocycles. The minimum Gasteiger partial charge on any atom is -0.508 e. The van der Waals surface area contributed by atoms with Crippen molar-refractivity contribution in [2.45, 2.75) is 124 Å². The minimum atomic E-state index is -0.724. The predicted octanol–water partition coefficient (Wildman–Crippen LogP) is 16.8. The molecule has 19 rings (SSSR count).